The van der Waals surface area contributed by atoms with Gasteiger partial charge >= 0.3 is 11.7 Å². The molecule has 2 aromatic rings. The van der Waals surface area contributed by atoms with Crippen LogP contribution >= 0.6 is 0 Å². The molecule has 0 fully saturated rings. The third kappa shape index (κ3) is 6.41. The first-order valence-electron chi connectivity index (χ1n) is 8.32. The summed E-state index contributed by atoms with van der Waals surface area (Å²) in [5.41, 5.74) is 0.820. The number of rotatable bonds is 6. The molecule has 2 rings (SSSR count). The van der Waals surface area contributed by atoms with Crippen LogP contribution in [0.4, 0.5) is 0 Å². The van der Waals surface area contributed by atoms with Crippen LogP contribution in [0, 0.1) is 0 Å². The lowest BCUT2D eigenvalue weighted by molar-refractivity contribution is -0.154. The fourth-order valence-electron chi connectivity index (χ4n) is 2.41. The smallest absolute Gasteiger partial charge is 0.328 e. The highest BCUT2D eigenvalue weighted by atomic mass is 16.6. The zero-order valence-electron chi connectivity index (χ0n) is 14.9. The number of benzene rings is 1. The number of ether oxygens (including phenoxy) is 1. The van der Waals surface area contributed by atoms with Crippen LogP contribution in [-0.4, -0.2) is 21.1 Å². The standard InChI is InChI=1S/C19H24N2O4/c1-19(2,3)25-17(23)6-4-5-14-7-9-15(10-8-14)13-21-12-11-16(22)20-18(21)24/h7-12H,4-6,13H2,1-3H3,(H,20,22,24). The monoisotopic (exact) mass is 344 g/mol. The second-order valence-corrected chi connectivity index (χ2v) is 6.99. The molecule has 1 N–H and O–H groups in total. The first-order valence-corrected chi connectivity index (χ1v) is 8.32. The maximum atomic E-state index is 11.7. The van der Waals surface area contributed by atoms with E-state index in [-0.39, 0.29) is 5.97 Å². The summed E-state index contributed by atoms with van der Waals surface area (Å²) in [7, 11) is 0. The number of aryl methyl sites for hydroxylation is 1. The summed E-state index contributed by atoms with van der Waals surface area (Å²) in [5.74, 6) is -0.179. The van der Waals surface area contributed by atoms with Crippen LogP contribution in [0.25, 0.3) is 0 Å². The Bertz CT molecular complexity index is 826. The molecule has 6 nitrogen and oxygen atoms in total. The average molecular weight is 344 g/mol. The van der Waals surface area contributed by atoms with E-state index in [1.807, 2.05) is 45.0 Å². The van der Waals surface area contributed by atoms with Crippen molar-refractivity contribution < 1.29 is 9.53 Å². The molecule has 0 unspecified atom stereocenters. The van der Waals surface area contributed by atoms with Crippen LogP contribution < -0.4 is 11.2 Å². The number of esters is 1. The lowest BCUT2D eigenvalue weighted by atomic mass is 10.1. The van der Waals surface area contributed by atoms with E-state index in [2.05, 4.69) is 4.98 Å². The molecular weight excluding hydrogens is 320 g/mol. The van der Waals surface area contributed by atoms with Gasteiger partial charge in [0.25, 0.3) is 5.56 Å². The van der Waals surface area contributed by atoms with E-state index >= 15 is 0 Å². The second-order valence-electron chi connectivity index (χ2n) is 6.99. The van der Waals surface area contributed by atoms with E-state index < -0.39 is 16.9 Å². The van der Waals surface area contributed by atoms with E-state index in [4.69, 9.17) is 4.74 Å². The van der Waals surface area contributed by atoms with Crippen molar-refractivity contribution in [2.24, 2.45) is 0 Å². The lowest BCUT2D eigenvalue weighted by Gasteiger charge is -2.19. The molecule has 0 saturated carbocycles. The van der Waals surface area contributed by atoms with E-state index in [0.29, 0.717) is 13.0 Å². The molecule has 0 amide bonds. The van der Waals surface area contributed by atoms with Crippen LogP contribution in [0.3, 0.4) is 0 Å². The number of carbonyl (C=O) groups excluding carboxylic acids is 1. The van der Waals surface area contributed by atoms with Crippen molar-refractivity contribution in [3.63, 3.8) is 0 Å². The summed E-state index contributed by atoms with van der Waals surface area (Å²) in [6.07, 6.45) is 3.40. The van der Waals surface area contributed by atoms with Crippen LogP contribution in [0.5, 0.6) is 0 Å². The predicted octanol–water partition coefficient (Wildman–Crippen LogP) is 2.25. The van der Waals surface area contributed by atoms with Gasteiger partial charge in [-0.1, -0.05) is 24.3 Å². The third-order valence-corrected chi connectivity index (χ3v) is 3.54. The van der Waals surface area contributed by atoms with Gasteiger partial charge in [0.15, 0.2) is 0 Å². The van der Waals surface area contributed by atoms with Gasteiger partial charge in [-0.15, -0.1) is 0 Å². The first-order chi connectivity index (χ1) is 11.7. The maximum absolute atomic E-state index is 11.7. The summed E-state index contributed by atoms with van der Waals surface area (Å²) in [5, 5.41) is 0. The van der Waals surface area contributed by atoms with E-state index in [1.54, 1.807) is 0 Å². The van der Waals surface area contributed by atoms with Gasteiger partial charge in [0, 0.05) is 18.7 Å². The fraction of sp³-hybridized carbons (Fsp3) is 0.421. The molecule has 0 aliphatic carbocycles. The molecule has 1 heterocycles. The van der Waals surface area contributed by atoms with Crippen molar-refractivity contribution in [3.05, 3.63) is 68.5 Å². The number of hydrogen-bond acceptors (Lipinski definition) is 4. The predicted molar refractivity (Wildman–Crippen MR) is 95.6 cm³/mol. The highest BCUT2D eigenvalue weighted by Crippen LogP contribution is 2.12. The Morgan fingerprint density at radius 3 is 2.32 bits per heavy atom. The molecular formula is C19H24N2O4. The highest BCUT2D eigenvalue weighted by Gasteiger charge is 2.15. The summed E-state index contributed by atoms with van der Waals surface area (Å²) in [6, 6.07) is 9.19. The van der Waals surface area contributed by atoms with Gasteiger partial charge in [0.05, 0.1) is 6.54 Å². The zero-order valence-corrected chi connectivity index (χ0v) is 14.9. The molecule has 6 heteroatoms. The lowest BCUT2D eigenvalue weighted by Crippen LogP contribution is -2.28. The number of aromatic nitrogens is 2. The quantitative estimate of drug-likeness (QED) is 0.815. The molecule has 0 spiro atoms. The van der Waals surface area contributed by atoms with Gasteiger partial charge < -0.3 is 4.74 Å². The average Bonchev–Trinajstić information content (AvgIpc) is 2.50. The van der Waals surface area contributed by atoms with E-state index in [9.17, 15) is 14.4 Å². The van der Waals surface area contributed by atoms with Gasteiger partial charge in [0.2, 0.25) is 0 Å². The van der Waals surface area contributed by atoms with Crippen LogP contribution in [0.1, 0.15) is 44.7 Å². The van der Waals surface area contributed by atoms with Crippen molar-refractivity contribution in [2.75, 3.05) is 0 Å². The molecule has 0 radical (unpaired) electrons. The Kier molecular flexibility index (Phi) is 5.96. The Morgan fingerprint density at radius 1 is 1.08 bits per heavy atom. The summed E-state index contributed by atoms with van der Waals surface area (Å²) < 4.78 is 6.73. The molecule has 25 heavy (non-hydrogen) atoms. The molecule has 0 atom stereocenters. The molecule has 0 bridgehead atoms. The van der Waals surface area contributed by atoms with Gasteiger partial charge in [-0.25, -0.2) is 4.79 Å². The number of carbonyl (C=O) groups is 1. The Hall–Kier alpha value is -2.63. The summed E-state index contributed by atoms with van der Waals surface area (Å²) >= 11 is 0. The molecule has 0 aliphatic heterocycles. The molecule has 0 aliphatic rings. The first kappa shape index (κ1) is 18.7. The minimum atomic E-state index is -0.446. The number of nitrogens with one attached hydrogen (secondary N) is 1. The second kappa shape index (κ2) is 7.96. The van der Waals surface area contributed by atoms with Gasteiger partial charge in [-0.3, -0.25) is 19.1 Å². The van der Waals surface area contributed by atoms with Gasteiger partial charge in [0.1, 0.15) is 5.60 Å². The molecule has 134 valence electrons. The fourth-order valence-corrected chi connectivity index (χ4v) is 2.41. The molecule has 0 saturated heterocycles. The van der Waals surface area contributed by atoms with Crippen LogP contribution in [0.15, 0.2) is 46.1 Å². The normalized spacial score (nSPS) is 11.3. The van der Waals surface area contributed by atoms with Crippen LogP contribution in [-0.2, 0) is 22.5 Å². The number of nitrogens with zero attached hydrogens (tertiary/aromatic N) is 1. The Balaban J connectivity index is 1.86. The SMILES string of the molecule is CC(C)(C)OC(=O)CCCc1ccc(Cn2ccc(=O)[nH]c2=O)cc1. The maximum Gasteiger partial charge on any atom is 0.328 e. The van der Waals surface area contributed by atoms with Crippen molar-refractivity contribution in [1.29, 1.82) is 0 Å². The third-order valence-electron chi connectivity index (χ3n) is 3.54. The van der Waals surface area contributed by atoms with Crippen molar-refractivity contribution in [2.45, 2.75) is 52.2 Å². The molecule has 1 aromatic heterocycles. The Morgan fingerprint density at radius 2 is 1.72 bits per heavy atom. The minimum absolute atomic E-state index is 0.179. The minimum Gasteiger partial charge on any atom is -0.460 e. The van der Waals surface area contributed by atoms with E-state index in [0.717, 1.165) is 24.0 Å². The van der Waals surface area contributed by atoms with Crippen molar-refractivity contribution >= 4 is 5.97 Å². The topological polar surface area (TPSA) is 81.2 Å². The zero-order chi connectivity index (χ0) is 18.4. The number of aromatic amines is 1. The van der Waals surface area contributed by atoms with Crippen molar-refractivity contribution in [1.82, 2.24) is 9.55 Å². The van der Waals surface area contributed by atoms with E-state index in [1.165, 1.54) is 16.8 Å². The van der Waals surface area contributed by atoms with Crippen molar-refractivity contribution in [3.8, 4) is 0 Å². The van der Waals surface area contributed by atoms with Gasteiger partial charge in [-0.2, -0.15) is 0 Å². The molecule has 1 aromatic carbocycles. The van der Waals surface area contributed by atoms with Gasteiger partial charge in [-0.05, 0) is 44.7 Å². The summed E-state index contributed by atoms with van der Waals surface area (Å²) in [4.78, 5) is 36.7. The number of hydrogen-bond donors (Lipinski definition) is 1. The Labute approximate surface area is 146 Å². The van der Waals surface area contributed by atoms with Crippen LogP contribution in [0.2, 0.25) is 0 Å². The largest absolute Gasteiger partial charge is 0.460 e. The highest BCUT2D eigenvalue weighted by molar-refractivity contribution is 5.69. The number of H-pyrrole nitrogens is 1. The summed E-state index contributed by atoms with van der Waals surface area (Å²) in [6.45, 7) is 5.97.